The van der Waals surface area contributed by atoms with Crippen LogP contribution >= 0.6 is 11.6 Å². The van der Waals surface area contributed by atoms with Crippen molar-refractivity contribution < 1.29 is 17.9 Å². The number of ether oxygens (including phenoxy) is 1. The first kappa shape index (κ1) is 18.9. The molecular weight excluding hydrogens is 386 g/mol. The maximum absolute atomic E-state index is 12.5. The van der Waals surface area contributed by atoms with Gasteiger partial charge in [0.1, 0.15) is 5.75 Å². The van der Waals surface area contributed by atoms with E-state index in [9.17, 15) is 13.2 Å². The number of rotatable bonds is 5. The molecule has 0 bridgehead atoms. The van der Waals surface area contributed by atoms with E-state index in [0.717, 1.165) is 6.26 Å². The van der Waals surface area contributed by atoms with E-state index in [2.05, 4.69) is 5.32 Å². The SMILES string of the molecule is CS(=O)(=O)c1ccc(C(=O)Nc2cc(Cl)ccc2Oc2ccccc2)cc1. The third-order valence-electron chi connectivity index (χ3n) is 3.71. The number of anilines is 1. The number of amides is 1. The Kier molecular flexibility index (Phi) is 5.48. The minimum atomic E-state index is -3.32. The predicted molar refractivity (Wildman–Crippen MR) is 105 cm³/mol. The van der Waals surface area contributed by atoms with Crippen molar-refractivity contribution >= 4 is 33.0 Å². The summed E-state index contributed by atoms with van der Waals surface area (Å²) in [6.07, 6.45) is 1.11. The third kappa shape index (κ3) is 4.87. The molecule has 3 aromatic carbocycles. The highest BCUT2D eigenvalue weighted by molar-refractivity contribution is 7.90. The van der Waals surface area contributed by atoms with Crippen molar-refractivity contribution in [2.45, 2.75) is 4.90 Å². The number of benzene rings is 3. The molecule has 0 aliphatic carbocycles. The van der Waals surface area contributed by atoms with Crippen LogP contribution in [0.4, 0.5) is 5.69 Å². The molecule has 3 aromatic rings. The lowest BCUT2D eigenvalue weighted by molar-refractivity contribution is 0.102. The summed E-state index contributed by atoms with van der Waals surface area (Å²) in [7, 11) is -3.32. The number of hydrogen-bond donors (Lipinski definition) is 1. The molecule has 27 heavy (non-hydrogen) atoms. The van der Waals surface area contributed by atoms with E-state index in [4.69, 9.17) is 16.3 Å². The monoisotopic (exact) mass is 401 g/mol. The van der Waals surface area contributed by atoms with Crippen molar-refractivity contribution in [3.05, 3.63) is 83.4 Å². The molecule has 0 aliphatic heterocycles. The van der Waals surface area contributed by atoms with Crippen LogP contribution in [0, 0.1) is 0 Å². The Morgan fingerprint density at radius 1 is 0.963 bits per heavy atom. The van der Waals surface area contributed by atoms with Gasteiger partial charge in [0.05, 0.1) is 10.6 Å². The molecule has 0 spiro atoms. The number of nitrogens with one attached hydrogen (secondary N) is 1. The molecule has 1 N–H and O–H groups in total. The number of halogens is 1. The predicted octanol–water partition coefficient (Wildman–Crippen LogP) is 4.79. The largest absolute Gasteiger partial charge is 0.455 e. The summed E-state index contributed by atoms with van der Waals surface area (Å²) in [6, 6.07) is 19.7. The standard InChI is InChI=1S/C20H16ClNO4S/c1-27(24,25)17-10-7-14(8-11-17)20(23)22-18-13-15(21)9-12-19(18)26-16-5-3-2-4-6-16/h2-13H,1H3,(H,22,23). The fraction of sp³-hybridized carbons (Fsp3) is 0.0500. The number of para-hydroxylation sites is 1. The maximum atomic E-state index is 12.5. The summed E-state index contributed by atoms with van der Waals surface area (Å²) in [5.74, 6) is 0.648. The lowest BCUT2D eigenvalue weighted by Crippen LogP contribution is -2.13. The van der Waals surface area contributed by atoms with Gasteiger partial charge in [0.15, 0.2) is 15.6 Å². The minimum absolute atomic E-state index is 0.148. The molecule has 0 saturated carbocycles. The van der Waals surface area contributed by atoms with Crippen LogP contribution in [0.1, 0.15) is 10.4 Å². The van der Waals surface area contributed by atoms with Gasteiger partial charge in [0.25, 0.3) is 5.91 Å². The van der Waals surface area contributed by atoms with Crippen molar-refractivity contribution in [1.82, 2.24) is 0 Å². The van der Waals surface area contributed by atoms with Gasteiger partial charge in [-0.2, -0.15) is 0 Å². The van der Waals surface area contributed by atoms with Crippen molar-refractivity contribution in [3.8, 4) is 11.5 Å². The van der Waals surface area contributed by atoms with Gasteiger partial charge in [-0.25, -0.2) is 8.42 Å². The number of sulfone groups is 1. The Hall–Kier alpha value is -2.83. The zero-order valence-corrected chi connectivity index (χ0v) is 15.9. The molecule has 0 aliphatic rings. The van der Waals surface area contributed by atoms with Crippen molar-refractivity contribution in [2.75, 3.05) is 11.6 Å². The molecule has 0 unspecified atom stereocenters. The second kappa shape index (κ2) is 7.82. The number of carbonyl (C=O) groups is 1. The van der Waals surface area contributed by atoms with Crippen LogP contribution in [0.15, 0.2) is 77.7 Å². The van der Waals surface area contributed by atoms with Crippen molar-refractivity contribution in [3.63, 3.8) is 0 Å². The first-order chi connectivity index (χ1) is 12.8. The molecule has 138 valence electrons. The van der Waals surface area contributed by atoms with Crippen LogP contribution in [-0.2, 0) is 9.84 Å². The maximum Gasteiger partial charge on any atom is 0.255 e. The Morgan fingerprint density at radius 2 is 1.63 bits per heavy atom. The quantitative estimate of drug-likeness (QED) is 0.667. The van der Waals surface area contributed by atoms with Gasteiger partial charge in [0.2, 0.25) is 0 Å². The van der Waals surface area contributed by atoms with Gasteiger partial charge in [0, 0.05) is 16.8 Å². The van der Waals surface area contributed by atoms with Crippen LogP contribution < -0.4 is 10.1 Å². The van der Waals surface area contributed by atoms with Gasteiger partial charge >= 0.3 is 0 Å². The van der Waals surface area contributed by atoms with E-state index in [1.54, 1.807) is 30.3 Å². The molecule has 7 heteroatoms. The highest BCUT2D eigenvalue weighted by Crippen LogP contribution is 2.32. The summed E-state index contributed by atoms with van der Waals surface area (Å²) in [6.45, 7) is 0. The molecule has 0 aromatic heterocycles. The average Bonchev–Trinajstić information content (AvgIpc) is 2.64. The zero-order chi connectivity index (χ0) is 19.4. The fourth-order valence-corrected chi connectivity index (χ4v) is 3.15. The number of carbonyl (C=O) groups excluding carboxylic acids is 1. The van der Waals surface area contributed by atoms with Crippen LogP contribution in [0.2, 0.25) is 5.02 Å². The smallest absolute Gasteiger partial charge is 0.255 e. The Morgan fingerprint density at radius 3 is 2.26 bits per heavy atom. The first-order valence-corrected chi connectivity index (χ1v) is 10.2. The Bertz CT molecular complexity index is 1060. The number of hydrogen-bond acceptors (Lipinski definition) is 4. The lowest BCUT2D eigenvalue weighted by atomic mass is 10.2. The van der Waals surface area contributed by atoms with Gasteiger partial charge in [-0.1, -0.05) is 29.8 Å². The van der Waals surface area contributed by atoms with Crippen LogP contribution in [0.3, 0.4) is 0 Å². The molecular formula is C20H16ClNO4S. The molecule has 0 radical (unpaired) electrons. The summed E-state index contributed by atoms with van der Waals surface area (Å²) in [5, 5.41) is 3.19. The van der Waals surface area contributed by atoms with Gasteiger partial charge in [-0.05, 0) is 54.6 Å². The van der Waals surface area contributed by atoms with Crippen LogP contribution in [-0.4, -0.2) is 20.6 Å². The Balaban J connectivity index is 1.84. The summed E-state index contributed by atoms with van der Waals surface area (Å²) < 4.78 is 28.9. The van der Waals surface area contributed by atoms with Crippen LogP contribution in [0.5, 0.6) is 11.5 Å². The zero-order valence-electron chi connectivity index (χ0n) is 14.3. The van der Waals surface area contributed by atoms with Gasteiger partial charge in [-0.15, -0.1) is 0 Å². The average molecular weight is 402 g/mol. The second-order valence-corrected chi connectivity index (χ2v) is 8.26. The molecule has 0 heterocycles. The van der Waals surface area contributed by atoms with Crippen molar-refractivity contribution in [1.29, 1.82) is 0 Å². The molecule has 1 amide bonds. The topological polar surface area (TPSA) is 72.5 Å². The highest BCUT2D eigenvalue weighted by Gasteiger charge is 2.13. The summed E-state index contributed by atoms with van der Waals surface area (Å²) in [4.78, 5) is 12.7. The van der Waals surface area contributed by atoms with Crippen molar-refractivity contribution in [2.24, 2.45) is 0 Å². The molecule has 0 saturated heterocycles. The van der Waals surface area contributed by atoms with E-state index in [1.165, 1.54) is 24.3 Å². The normalized spacial score (nSPS) is 11.0. The van der Waals surface area contributed by atoms with Gasteiger partial charge in [-0.3, -0.25) is 4.79 Å². The van der Waals surface area contributed by atoms with Gasteiger partial charge < -0.3 is 10.1 Å². The van der Waals surface area contributed by atoms with E-state index < -0.39 is 15.7 Å². The highest BCUT2D eigenvalue weighted by atomic mass is 35.5. The van der Waals surface area contributed by atoms with E-state index >= 15 is 0 Å². The first-order valence-electron chi connectivity index (χ1n) is 7.97. The molecule has 0 fully saturated rings. The lowest BCUT2D eigenvalue weighted by Gasteiger charge is -2.13. The minimum Gasteiger partial charge on any atom is -0.455 e. The summed E-state index contributed by atoms with van der Waals surface area (Å²) in [5.41, 5.74) is 0.719. The molecule has 5 nitrogen and oxygen atoms in total. The van der Waals surface area contributed by atoms with E-state index in [-0.39, 0.29) is 4.90 Å². The fourth-order valence-electron chi connectivity index (χ4n) is 2.35. The Labute approximate surface area is 162 Å². The molecule has 3 rings (SSSR count). The second-order valence-electron chi connectivity index (χ2n) is 5.81. The van der Waals surface area contributed by atoms with E-state index in [1.807, 2.05) is 18.2 Å². The van der Waals surface area contributed by atoms with E-state index in [0.29, 0.717) is 27.8 Å². The van der Waals surface area contributed by atoms with Crippen LogP contribution in [0.25, 0.3) is 0 Å². The summed E-state index contributed by atoms with van der Waals surface area (Å²) >= 11 is 6.05. The third-order valence-corrected chi connectivity index (χ3v) is 5.07. The molecule has 0 atom stereocenters.